The number of benzene rings is 1. The molecule has 0 radical (unpaired) electrons. The number of hydrogen-bond acceptors (Lipinski definition) is 6. The molecule has 30 heavy (non-hydrogen) atoms. The van der Waals surface area contributed by atoms with E-state index in [9.17, 15) is 13.2 Å². The van der Waals surface area contributed by atoms with Crippen molar-refractivity contribution in [3.05, 3.63) is 46.8 Å². The second-order valence-corrected chi connectivity index (χ2v) is 10.1. The van der Waals surface area contributed by atoms with Crippen molar-refractivity contribution < 1.29 is 17.7 Å². The van der Waals surface area contributed by atoms with Crippen molar-refractivity contribution in [3.63, 3.8) is 0 Å². The average molecular weight is 433 g/mol. The molecule has 0 saturated carbocycles. The summed E-state index contributed by atoms with van der Waals surface area (Å²) in [7, 11) is -1.67. The molecular formula is C21H28N4O4S. The number of carbonyl (C=O) groups excluding carboxylic acids is 1. The van der Waals surface area contributed by atoms with Crippen LogP contribution in [0.1, 0.15) is 29.0 Å². The summed E-state index contributed by atoms with van der Waals surface area (Å²) in [5.74, 6) is 0.734. The van der Waals surface area contributed by atoms with Crippen LogP contribution in [0.4, 0.5) is 0 Å². The number of amides is 1. The van der Waals surface area contributed by atoms with Crippen LogP contribution in [-0.2, 0) is 34.2 Å². The molecule has 4 rings (SSSR count). The van der Waals surface area contributed by atoms with Crippen LogP contribution < -0.4 is 0 Å². The highest BCUT2D eigenvalue weighted by molar-refractivity contribution is 7.89. The molecule has 0 unspecified atom stereocenters. The van der Waals surface area contributed by atoms with Gasteiger partial charge in [-0.05, 0) is 56.5 Å². The van der Waals surface area contributed by atoms with Gasteiger partial charge in [-0.1, -0.05) is 11.2 Å². The zero-order valence-corrected chi connectivity index (χ0v) is 18.3. The minimum atomic E-state index is -3.53. The Bertz CT molecular complexity index is 1030. The summed E-state index contributed by atoms with van der Waals surface area (Å²) in [5.41, 5.74) is 3.19. The number of nitrogens with zero attached hydrogens (tertiary/aromatic N) is 4. The number of fused-ring (bicyclic) bond motifs is 1. The second-order valence-electron chi connectivity index (χ2n) is 8.17. The van der Waals surface area contributed by atoms with Gasteiger partial charge in [0.1, 0.15) is 5.76 Å². The van der Waals surface area contributed by atoms with E-state index in [0.29, 0.717) is 37.6 Å². The van der Waals surface area contributed by atoms with Gasteiger partial charge in [0.25, 0.3) is 0 Å². The molecular weight excluding hydrogens is 404 g/mol. The van der Waals surface area contributed by atoms with E-state index in [2.05, 4.69) is 5.16 Å². The maximum atomic E-state index is 13.0. The summed E-state index contributed by atoms with van der Waals surface area (Å²) in [6.45, 7) is 4.05. The molecule has 0 spiro atoms. The van der Waals surface area contributed by atoms with Crippen LogP contribution in [0.15, 0.2) is 33.7 Å². The van der Waals surface area contributed by atoms with E-state index >= 15 is 0 Å². The number of carbonyl (C=O) groups is 1. The Morgan fingerprint density at radius 2 is 1.87 bits per heavy atom. The van der Waals surface area contributed by atoms with Crippen molar-refractivity contribution in [1.82, 2.24) is 19.3 Å². The SMILES string of the molecule is Cc1cc(CN(C)CC(=O)N2CCN(S(=O)(=O)c3ccc4c(c3)CCC4)CC2)no1. The third-order valence-corrected chi connectivity index (χ3v) is 7.71. The molecule has 2 heterocycles. The van der Waals surface area contributed by atoms with Crippen LogP contribution in [-0.4, -0.2) is 73.4 Å². The molecule has 0 N–H and O–H groups in total. The molecule has 1 aromatic heterocycles. The molecule has 1 saturated heterocycles. The zero-order valence-electron chi connectivity index (χ0n) is 17.5. The molecule has 2 aliphatic rings. The highest BCUT2D eigenvalue weighted by Crippen LogP contribution is 2.26. The molecule has 1 aliphatic carbocycles. The Morgan fingerprint density at radius 3 is 2.57 bits per heavy atom. The number of sulfonamides is 1. The Morgan fingerprint density at radius 1 is 1.13 bits per heavy atom. The molecule has 1 aromatic carbocycles. The minimum Gasteiger partial charge on any atom is -0.361 e. The maximum absolute atomic E-state index is 13.0. The molecule has 162 valence electrons. The Hall–Kier alpha value is -2.23. The summed E-state index contributed by atoms with van der Waals surface area (Å²) in [6, 6.07) is 7.35. The number of piperazine rings is 1. The predicted octanol–water partition coefficient (Wildman–Crippen LogP) is 1.44. The fourth-order valence-corrected chi connectivity index (χ4v) is 5.66. The standard InChI is InChI=1S/C21H28N4O4S/c1-16-12-19(22-29-16)14-23(2)15-21(26)24-8-10-25(11-9-24)30(27,28)20-7-6-17-4-3-5-18(17)13-20/h6-7,12-13H,3-5,8-11,14-15H2,1-2H3. The van der Waals surface area contributed by atoms with E-state index in [-0.39, 0.29) is 12.5 Å². The van der Waals surface area contributed by atoms with Crippen LogP contribution in [0.5, 0.6) is 0 Å². The smallest absolute Gasteiger partial charge is 0.243 e. The molecule has 9 heteroatoms. The number of rotatable bonds is 6. The van der Waals surface area contributed by atoms with Gasteiger partial charge in [-0.3, -0.25) is 9.69 Å². The molecule has 0 atom stereocenters. The molecule has 1 aliphatic heterocycles. The molecule has 1 fully saturated rings. The Kier molecular flexibility index (Phi) is 5.95. The van der Waals surface area contributed by atoms with Crippen LogP contribution in [0.2, 0.25) is 0 Å². The average Bonchev–Trinajstić information content (AvgIpc) is 3.35. The minimum absolute atomic E-state index is 0.00713. The first-order chi connectivity index (χ1) is 14.3. The van der Waals surface area contributed by atoms with Gasteiger partial charge >= 0.3 is 0 Å². The van der Waals surface area contributed by atoms with Crippen molar-refractivity contribution in [2.24, 2.45) is 0 Å². The third kappa shape index (κ3) is 4.43. The quantitative estimate of drug-likeness (QED) is 0.687. The highest BCUT2D eigenvalue weighted by Gasteiger charge is 2.31. The number of likely N-dealkylation sites (N-methyl/N-ethyl adjacent to an activating group) is 1. The Balaban J connectivity index is 1.32. The van der Waals surface area contributed by atoms with Crippen molar-refractivity contribution in [2.75, 3.05) is 39.8 Å². The van der Waals surface area contributed by atoms with Gasteiger partial charge in [0.2, 0.25) is 15.9 Å². The summed E-state index contributed by atoms with van der Waals surface area (Å²) in [5, 5.41) is 3.95. The van der Waals surface area contributed by atoms with E-state index in [1.54, 1.807) is 11.0 Å². The lowest BCUT2D eigenvalue weighted by Crippen LogP contribution is -2.52. The normalized spacial score (nSPS) is 17.5. The monoisotopic (exact) mass is 432 g/mol. The lowest BCUT2D eigenvalue weighted by atomic mass is 10.1. The van der Waals surface area contributed by atoms with Crippen molar-refractivity contribution >= 4 is 15.9 Å². The topological polar surface area (TPSA) is 87.0 Å². The summed E-state index contributed by atoms with van der Waals surface area (Å²) in [6.07, 6.45) is 3.06. The number of aromatic nitrogens is 1. The molecule has 8 nitrogen and oxygen atoms in total. The molecule has 2 aromatic rings. The lowest BCUT2D eigenvalue weighted by Gasteiger charge is -2.34. The largest absolute Gasteiger partial charge is 0.361 e. The van der Waals surface area contributed by atoms with Gasteiger partial charge in [0, 0.05) is 38.8 Å². The fraction of sp³-hybridized carbons (Fsp3) is 0.524. The van der Waals surface area contributed by atoms with Crippen molar-refractivity contribution in [3.8, 4) is 0 Å². The van der Waals surface area contributed by atoms with Crippen LogP contribution in [0, 0.1) is 6.92 Å². The zero-order chi connectivity index (χ0) is 21.3. The summed E-state index contributed by atoms with van der Waals surface area (Å²) >= 11 is 0. The van der Waals surface area contributed by atoms with Gasteiger partial charge < -0.3 is 9.42 Å². The number of aryl methyl sites for hydroxylation is 3. The number of hydrogen-bond donors (Lipinski definition) is 0. The van der Waals surface area contributed by atoms with Gasteiger partial charge in [-0.25, -0.2) is 8.42 Å². The van der Waals surface area contributed by atoms with Crippen LogP contribution in [0.25, 0.3) is 0 Å². The third-order valence-electron chi connectivity index (χ3n) is 5.81. The van der Waals surface area contributed by atoms with Gasteiger partial charge in [0.05, 0.1) is 17.1 Å². The highest BCUT2D eigenvalue weighted by atomic mass is 32.2. The van der Waals surface area contributed by atoms with E-state index in [4.69, 9.17) is 4.52 Å². The summed E-state index contributed by atoms with van der Waals surface area (Å²) < 4.78 is 32.6. The van der Waals surface area contributed by atoms with Gasteiger partial charge in [-0.2, -0.15) is 4.31 Å². The van der Waals surface area contributed by atoms with Crippen LogP contribution in [0.3, 0.4) is 0 Å². The van der Waals surface area contributed by atoms with E-state index in [1.165, 1.54) is 9.87 Å². The van der Waals surface area contributed by atoms with Gasteiger partial charge in [-0.15, -0.1) is 0 Å². The van der Waals surface area contributed by atoms with Crippen molar-refractivity contribution in [2.45, 2.75) is 37.6 Å². The summed E-state index contributed by atoms with van der Waals surface area (Å²) in [4.78, 5) is 16.6. The van der Waals surface area contributed by atoms with E-state index < -0.39 is 10.0 Å². The molecule has 0 bridgehead atoms. The van der Waals surface area contributed by atoms with E-state index in [0.717, 1.165) is 36.3 Å². The first kappa shape index (κ1) is 21.0. The second kappa shape index (κ2) is 8.49. The first-order valence-corrected chi connectivity index (χ1v) is 11.8. The fourth-order valence-electron chi connectivity index (χ4n) is 4.19. The van der Waals surface area contributed by atoms with Gasteiger partial charge in [0.15, 0.2) is 0 Å². The lowest BCUT2D eigenvalue weighted by molar-refractivity contribution is -0.133. The Labute approximate surface area is 177 Å². The van der Waals surface area contributed by atoms with E-state index in [1.807, 2.05) is 37.1 Å². The van der Waals surface area contributed by atoms with Crippen molar-refractivity contribution in [1.29, 1.82) is 0 Å². The molecule has 1 amide bonds. The van der Waals surface area contributed by atoms with Crippen LogP contribution >= 0.6 is 0 Å². The predicted molar refractivity (Wildman–Crippen MR) is 111 cm³/mol. The first-order valence-electron chi connectivity index (χ1n) is 10.3. The maximum Gasteiger partial charge on any atom is 0.243 e.